The second-order valence-electron chi connectivity index (χ2n) is 8.97. The Morgan fingerprint density at radius 2 is 1.59 bits per heavy atom. The topological polar surface area (TPSA) is 80.6 Å². The summed E-state index contributed by atoms with van der Waals surface area (Å²) in [5, 5.41) is 2.25. The van der Waals surface area contributed by atoms with Gasteiger partial charge in [-0.05, 0) is 86.2 Å². The van der Waals surface area contributed by atoms with E-state index >= 15 is 0 Å². The van der Waals surface area contributed by atoms with Crippen molar-refractivity contribution < 1.29 is 23.5 Å². The summed E-state index contributed by atoms with van der Waals surface area (Å²) in [5.74, 6) is -1.18. The fraction of sp³-hybridized carbons (Fsp3) is 0.100. The highest BCUT2D eigenvalue weighted by Gasteiger charge is 2.37. The van der Waals surface area contributed by atoms with Crippen molar-refractivity contribution in [2.75, 3.05) is 4.90 Å². The molecule has 1 aliphatic rings. The van der Waals surface area contributed by atoms with Crippen LogP contribution in [-0.2, 0) is 16.2 Å². The van der Waals surface area contributed by atoms with Crippen molar-refractivity contribution in [3.05, 3.63) is 117 Å². The van der Waals surface area contributed by atoms with Crippen LogP contribution in [0.15, 0.2) is 88.9 Å². The Kier molecular flexibility index (Phi) is 7.17. The highest BCUT2D eigenvalue weighted by molar-refractivity contribution is 9.10. The number of ether oxygens (including phenoxy) is 1. The number of hydrogen-bond donors (Lipinski definition) is 1. The first-order valence-corrected chi connectivity index (χ1v) is 12.8. The van der Waals surface area contributed by atoms with E-state index in [1.54, 1.807) is 54.6 Å². The predicted molar refractivity (Wildman–Crippen MR) is 149 cm³/mol. The molecule has 4 aromatic rings. The summed E-state index contributed by atoms with van der Waals surface area (Å²) in [6, 6.07) is 21.5. The van der Waals surface area contributed by atoms with Crippen molar-refractivity contribution in [3.63, 3.8) is 0 Å². The van der Waals surface area contributed by atoms with Crippen LogP contribution < -0.4 is 15.0 Å². The molecule has 0 bridgehead atoms. The summed E-state index contributed by atoms with van der Waals surface area (Å²) in [6.07, 6.45) is 1.50. The zero-order chi connectivity index (χ0) is 27.7. The SMILES string of the molecule is Cc1cc(/C=C2\C(=O)NC(=O)N(c3ccc(Br)cc3)C2=O)c(C)n1-c1ccc(OCc2ccccc2F)cc1. The van der Waals surface area contributed by atoms with Crippen molar-refractivity contribution in [1.29, 1.82) is 0 Å². The number of carbonyl (C=O) groups excluding carboxylic acids is 3. The average molecular weight is 588 g/mol. The molecule has 1 aliphatic heterocycles. The molecular weight excluding hydrogens is 565 g/mol. The number of rotatable bonds is 6. The van der Waals surface area contributed by atoms with Crippen LogP contribution in [0.25, 0.3) is 11.8 Å². The molecule has 7 nitrogen and oxygen atoms in total. The summed E-state index contributed by atoms with van der Waals surface area (Å²) in [4.78, 5) is 39.3. The largest absolute Gasteiger partial charge is 0.489 e. The normalized spacial score (nSPS) is 14.6. The lowest BCUT2D eigenvalue weighted by molar-refractivity contribution is -0.122. The number of anilines is 1. The van der Waals surface area contributed by atoms with Gasteiger partial charge in [0.2, 0.25) is 0 Å². The molecule has 3 aromatic carbocycles. The molecular formula is C30H23BrFN3O4. The average Bonchev–Trinajstić information content (AvgIpc) is 3.19. The van der Waals surface area contributed by atoms with E-state index in [1.165, 1.54) is 12.1 Å². The number of carbonyl (C=O) groups is 3. The van der Waals surface area contributed by atoms with E-state index < -0.39 is 17.8 Å². The Hall–Kier alpha value is -4.50. The van der Waals surface area contributed by atoms with Crippen LogP contribution in [0, 0.1) is 19.7 Å². The lowest BCUT2D eigenvalue weighted by Gasteiger charge is -2.26. The molecule has 1 saturated heterocycles. The molecule has 2 heterocycles. The van der Waals surface area contributed by atoms with Gasteiger partial charge >= 0.3 is 6.03 Å². The van der Waals surface area contributed by atoms with Gasteiger partial charge in [0.05, 0.1) is 5.69 Å². The van der Waals surface area contributed by atoms with Crippen LogP contribution in [0.4, 0.5) is 14.9 Å². The van der Waals surface area contributed by atoms with E-state index in [0.29, 0.717) is 22.6 Å². The van der Waals surface area contributed by atoms with Gasteiger partial charge in [-0.3, -0.25) is 14.9 Å². The minimum atomic E-state index is -0.799. The number of hydrogen-bond acceptors (Lipinski definition) is 4. The maximum absolute atomic E-state index is 13.9. The number of benzene rings is 3. The monoisotopic (exact) mass is 587 g/mol. The Balaban J connectivity index is 1.40. The summed E-state index contributed by atoms with van der Waals surface area (Å²) in [6.45, 7) is 3.91. The quantitative estimate of drug-likeness (QED) is 0.214. The molecule has 1 N–H and O–H groups in total. The molecule has 1 aromatic heterocycles. The first-order chi connectivity index (χ1) is 18.7. The second-order valence-corrected chi connectivity index (χ2v) is 9.89. The summed E-state index contributed by atoms with van der Waals surface area (Å²) < 4.78 is 22.4. The molecule has 196 valence electrons. The molecule has 0 saturated carbocycles. The molecule has 5 rings (SSSR count). The molecule has 4 amide bonds. The van der Waals surface area contributed by atoms with E-state index in [9.17, 15) is 18.8 Å². The van der Waals surface area contributed by atoms with Gasteiger partial charge in [-0.2, -0.15) is 0 Å². The van der Waals surface area contributed by atoms with Crippen LogP contribution in [0.5, 0.6) is 5.75 Å². The lowest BCUT2D eigenvalue weighted by Crippen LogP contribution is -2.54. The van der Waals surface area contributed by atoms with Crippen LogP contribution >= 0.6 is 15.9 Å². The number of barbiturate groups is 1. The standard InChI is InChI=1S/C30H23BrFN3O4/c1-18-15-21(16-26-28(36)33-30(38)35(29(26)37)24-9-7-22(31)8-10-24)19(2)34(18)23-11-13-25(14-12-23)39-17-20-5-3-4-6-27(20)32/h3-16H,17H2,1-2H3,(H,33,36,38)/b26-16+. The van der Waals surface area contributed by atoms with Crippen molar-refractivity contribution in [2.45, 2.75) is 20.5 Å². The molecule has 1 fully saturated rings. The number of halogens is 2. The van der Waals surface area contributed by atoms with Crippen molar-refractivity contribution >= 4 is 45.5 Å². The molecule has 0 aliphatic carbocycles. The van der Waals surface area contributed by atoms with Crippen LogP contribution in [0.3, 0.4) is 0 Å². The smallest absolute Gasteiger partial charge is 0.335 e. The van der Waals surface area contributed by atoms with Gasteiger partial charge in [0.25, 0.3) is 11.8 Å². The lowest BCUT2D eigenvalue weighted by atomic mass is 10.1. The van der Waals surface area contributed by atoms with E-state index in [4.69, 9.17) is 4.74 Å². The number of amides is 4. The minimum Gasteiger partial charge on any atom is -0.489 e. The van der Waals surface area contributed by atoms with Crippen molar-refractivity contribution in [2.24, 2.45) is 0 Å². The Labute approximate surface area is 232 Å². The number of nitrogens with zero attached hydrogens (tertiary/aromatic N) is 2. The summed E-state index contributed by atoms with van der Waals surface area (Å²) >= 11 is 3.33. The van der Waals surface area contributed by atoms with Gasteiger partial charge in [0, 0.05) is 27.1 Å². The van der Waals surface area contributed by atoms with Crippen molar-refractivity contribution in [1.82, 2.24) is 9.88 Å². The first-order valence-electron chi connectivity index (χ1n) is 12.1. The Morgan fingerprint density at radius 1 is 0.923 bits per heavy atom. The molecule has 0 radical (unpaired) electrons. The number of nitrogens with one attached hydrogen (secondary N) is 1. The fourth-order valence-electron chi connectivity index (χ4n) is 4.44. The van der Waals surface area contributed by atoms with E-state index in [0.717, 1.165) is 26.4 Å². The minimum absolute atomic E-state index is 0.112. The van der Waals surface area contributed by atoms with Gasteiger partial charge in [-0.1, -0.05) is 34.1 Å². The third kappa shape index (κ3) is 5.26. The maximum atomic E-state index is 13.9. The van der Waals surface area contributed by atoms with Gasteiger partial charge < -0.3 is 9.30 Å². The molecule has 9 heteroatoms. The van der Waals surface area contributed by atoms with Crippen LogP contribution in [0.1, 0.15) is 22.5 Å². The van der Waals surface area contributed by atoms with Crippen LogP contribution in [-0.4, -0.2) is 22.4 Å². The highest BCUT2D eigenvalue weighted by Crippen LogP contribution is 2.27. The van der Waals surface area contributed by atoms with Gasteiger partial charge in [-0.25, -0.2) is 14.1 Å². The predicted octanol–water partition coefficient (Wildman–Crippen LogP) is 6.24. The van der Waals surface area contributed by atoms with E-state index in [1.807, 2.05) is 36.6 Å². The summed E-state index contributed by atoms with van der Waals surface area (Å²) in [5.41, 5.74) is 3.86. The van der Waals surface area contributed by atoms with E-state index in [-0.39, 0.29) is 18.0 Å². The maximum Gasteiger partial charge on any atom is 0.335 e. The third-order valence-electron chi connectivity index (χ3n) is 6.40. The first kappa shape index (κ1) is 26.1. The zero-order valence-electron chi connectivity index (χ0n) is 21.1. The van der Waals surface area contributed by atoms with Gasteiger partial charge in [0.1, 0.15) is 23.7 Å². The van der Waals surface area contributed by atoms with Gasteiger partial charge in [0.15, 0.2) is 0 Å². The zero-order valence-corrected chi connectivity index (χ0v) is 22.7. The van der Waals surface area contributed by atoms with Crippen molar-refractivity contribution in [3.8, 4) is 11.4 Å². The molecule has 0 atom stereocenters. The number of imide groups is 2. The van der Waals surface area contributed by atoms with Gasteiger partial charge in [-0.15, -0.1) is 0 Å². The number of urea groups is 1. The third-order valence-corrected chi connectivity index (χ3v) is 6.93. The Bertz CT molecular complexity index is 1630. The fourth-order valence-corrected chi connectivity index (χ4v) is 4.70. The number of aromatic nitrogens is 1. The Morgan fingerprint density at radius 3 is 2.28 bits per heavy atom. The number of aryl methyl sites for hydroxylation is 1. The second kappa shape index (κ2) is 10.7. The van der Waals surface area contributed by atoms with Crippen LogP contribution in [0.2, 0.25) is 0 Å². The highest BCUT2D eigenvalue weighted by atomic mass is 79.9. The molecule has 0 unspecified atom stereocenters. The molecule has 39 heavy (non-hydrogen) atoms. The summed E-state index contributed by atoms with van der Waals surface area (Å²) in [7, 11) is 0. The van der Waals surface area contributed by atoms with E-state index in [2.05, 4.69) is 21.2 Å². The molecule has 0 spiro atoms.